The molecule has 0 atom stereocenters. The molecule has 32 heavy (non-hydrogen) atoms. The fourth-order valence-corrected chi connectivity index (χ4v) is 2.73. The van der Waals surface area contributed by atoms with Gasteiger partial charge in [-0.05, 0) is 61.0 Å². The van der Waals surface area contributed by atoms with E-state index in [0.717, 1.165) is 6.07 Å². The molecule has 162 valence electrons. The number of nitrogens with one attached hydrogen (secondary N) is 1. The molecular formula is C24H19FN2O5. The zero-order valence-corrected chi connectivity index (χ0v) is 17.1. The van der Waals surface area contributed by atoms with Crippen LogP contribution in [0, 0.1) is 17.1 Å². The van der Waals surface area contributed by atoms with Gasteiger partial charge in [-0.1, -0.05) is 12.1 Å². The van der Waals surface area contributed by atoms with Crippen molar-refractivity contribution in [2.24, 2.45) is 0 Å². The number of benzene rings is 2. The van der Waals surface area contributed by atoms with Crippen LogP contribution in [0.3, 0.4) is 0 Å². The summed E-state index contributed by atoms with van der Waals surface area (Å²) in [6, 6.07) is 15.0. The van der Waals surface area contributed by atoms with Crippen molar-refractivity contribution in [1.29, 1.82) is 5.26 Å². The normalized spacial score (nSPS) is 10.8. The van der Waals surface area contributed by atoms with E-state index in [2.05, 4.69) is 5.32 Å². The Labute approximate surface area is 183 Å². The minimum atomic E-state index is -0.747. The lowest BCUT2D eigenvalue weighted by Gasteiger charge is -2.12. The van der Waals surface area contributed by atoms with Gasteiger partial charge in [0.15, 0.2) is 11.5 Å². The fourth-order valence-electron chi connectivity index (χ4n) is 2.73. The minimum absolute atomic E-state index is 0.0522. The molecule has 7 nitrogen and oxygen atoms in total. The summed E-state index contributed by atoms with van der Waals surface area (Å²) in [5, 5.41) is 12.0. The molecule has 0 saturated heterocycles. The Balaban J connectivity index is 1.78. The van der Waals surface area contributed by atoms with Crippen molar-refractivity contribution in [3.05, 3.63) is 89.1 Å². The minimum Gasteiger partial charge on any atom is -0.490 e. The maximum Gasteiger partial charge on any atom is 0.343 e. The van der Waals surface area contributed by atoms with E-state index in [1.54, 1.807) is 25.1 Å². The van der Waals surface area contributed by atoms with Gasteiger partial charge >= 0.3 is 5.97 Å². The molecule has 0 aliphatic heterocycles. The third kappa shape index (κ3) is 5.83. The second-order valence-corrected chi connectivity index (χ2v) is 6.47. The van der Waals surface area contributed by atoms with Crippen LogP contribution in [0.5, 0.6) is 11.5 Å². The van der Waals surface area contributed by atoms with Gasteiger partial charge in [-0.2, -0.15) is 5.26 Å². The van der Waals surface area contributed by atoms with E-state index in [4.69, 9.17) is 13.9 Å². The second-order valence-electron chi connectivity index (χ2n) is 6.47. The molecule has 0 radical (unpaired) electrons. The van der Waals surface area contributed by atoms with Gasteiger partial charge in [0.05, 0.1) is 25.0 Å². The van der Waals surface area contributed by atoms with Gasteiger partial charge in [0.2, 0.25) is 0 Å². The third-order valence-corrected chi connectivity index (χ3v) is 4.21. The van der Waals surface area contributed by atoms with Gasteiger partial charge < -0.3 is 19.2 Å². The first-order valence-electron chi connectivity index (χ1n) is 9.67. The molecule has 0 bridgehead atoms. The van der Waals surface area contributed by atoms with Crippen LogP contribution in [0.1, 0.15) is 28.6 Å². The highest BCUT2D eigenvalue weighted by Gasteiger charge is 2.15. The van der Waals surface area contributed by atoms with Crippen LogP contribution in [0.15, 0.2) is 70.9 Å². The summed E-state index contributed by atoms with van der Waals surface area (Å²) < 4.78 is 29.4. The van der Waals surface area contributed by atoms with Crippen LogP contribution in [-0.4, -0.2) is 18.5 Å². The monoisotopic (exact) mass is 434 g/mol. The van der Waals surface area contributed by atoms with E-state index in [9.17, 15) is 19.2 Å². The van der Waals surface area contributed by atoms with Gasteiger partial charge in [-0.3, -0.25) is 4.79 Å². The maximum atomic E-state index is 13.4. The van der Waals surface area contributed by atoms with Crippen LogP contribution in [0.4, 0.5) is 4.39 Å². The van der Waals surface area contributed by atoms with E-state index in [-0.39, 0.29) is 35.8 Å². The predicted octanol–water partition coefficient (Wildman–Crippen LogP) is 4.26. The van der Waals surface area contributed by atoms with Crippen LogP contribution in [-0.2, 0) is 11.3 Å². The number of esters is 1. The number of carbonyl (C=O) groups is 2. The summed E-state index contributed by atoms with van der Waals surface area (Å²) >= 11 is 0. The topological polar surface area (TPSA) is 102 Å². The number of rotatable bonds is 8. The Bertz CT molecular complexity index is 1180. The Hall–Kier alpha value is -4.38. The number of nitriles is 1. The Morgan fingerprint density at radius 3 is 2.69 bits per heavy atom. The van der Waals surface area contributed by atoms with Gasteiger partial charge in [-0.25, -0.2) is 9.18 Å². The summed E-state index contributed by atoms with van der Waals surface area (Å²) in [5.74, 6) is -0.955. The Morgan fingerprint density at radius 2 is 2.00 bits per heavy atom. The Kier molecular flexibility index (Phi) is 7.38. The van der Waals surface area contributed by atoms with Crippen LogP contribution in [0.2, 0.25) is 0 Å². The summed E-state index contributed by atoms with van der Waals surface area (Å²) in [6.07, 6.45) is 2.87. The number of halogens is 1. The molecular weight excluding hydrogens is 415 g/mol. The molecule has 2 aromatic carbocycles. The van der Waals surface area contributed by atoms with Crippen LogP contribution >= 0.6 is 0 Å². The molecule has 1 aromatic heterocycles. The first-order chi connectivity index (χ1) is 15.5. The highest BCUT2D eigenvalue weighted by molar-refractivity contribution is 6.01. The number of hydrogen-bond acceptors (Lipinski definition) is 6. The standard InChI is InChI=1S/C24H19FN2O5/c1-2-30-22-12-16(11-18(14-26)23(28)27-15-20-7-4-10-31-20)8-9-21(22)32-24(29)17-5-3-6-19(25)13-17/h3-13H,2,15H2,1H3,(H,27,28)/b18-11+. The Morgan fingerprint density at radius 1 is 1.16 bits per heavy atom. The van der Waals surface area contributed by atoms with Gasteiger partial charge in [-0.15, -0.1) is 0 Å². The molecule has 3 rings (SSSR count). The SMILES string of the molecule is CCOc1cc(/C=C(\C#N)C(=O)NCc2ccco2)ccc1OC(=O)c1cccc(F)c1. The molecule has 0 saturated carbocycles. The molecule has 1 heterocycles. The molecule has 1 amide bonds. The average molecular weight is 434 g/mol. The van der Waals surface area contributed by atoms with Crippen molar-refractivity contribution in [3.63, 3.8) is 0 Å². The quantitative estimate of drug-likeness (QED) is 0.246. The summed E-state index contributed by atoms with van der Waals surface area (Å²) in [5.41, 5.74) is 0.420. The zero-order chi connectivity index (χ0) is 22.9. The lowest BCUT2D eigenvalue weighted by Crippen LogP contribution is -2.23. The van der Waals surface area contributed by atoms with Crippen LogP contribution in [0.25, 0.3) is 6.08 Å². The largest absolute Gasteiger partial charge is 0.490 e. The summed E-state index contributed by atoms with van der Waals surface area (Å²) in [7, 11) is 0. The van der Waals surface area contributed by atoms with E-state index in [0.29, 0.717) is 11.3 Å². The first-order valence-corrected chi connectivity index (χ1v) is 9.67. The predicted molar refractivity (Wildman–Crippen MR) is 113 cm³/mol. The highest BCUT2D eigenvalue weighted by atomic mass is 19.1. The van der Waals surface area contributed by atoms with Crippen molar-refractivity contribution < 1.29 is 27.9 Å². The highest BCUT2D eigenvalue weighted by Crippen LogP contribution is 2.30. The van der Waals surface area contributed by atoms with Crippen molar-refractivity contribution in [1.82, 2.24) is 5.32 Å². The number of ether oxygens (including phenoxy) is 2. The molecule has 0 aliphatic rings. The molecule has 0 unspecified atom stereocenters. The van der Waals surface area contributed by atoms with E-state index in [1.807, 2.05) is 6.07 Å². The maximum absolute atomic E-state index is 13.4. The molecule has 1 N–H and O–H groups in total. The number of amides is 1. The molecule has 0 spiro atoms. The van der Waals surface area contributed by atoms with Crippen molar-refractivity contribution in [2.75, 3.05) is 6.61 Å². The lowest BCUT2D eigenvalue weighted by atomic mass is 10.1. The molecule has 0 fully saturated rings. The van der Waals surface area contributed by atoms with E-state index in [1.165, 1.54) is 42.7 Å². The van der Waals surface area contributed by atoms with Crippen LogP contribution < -0.4 is 14.8 Å². The number of hydrogen-bond donors (Lipinski definition) is 1. The van der Waals surface area contributed by atoms with Gasteiger partial charge in [0.25, 0.3) is 5.91 Å². The lowest BCUT2D eigenvalue weighted by molar-refractivity contribution is -0.117. The van der Waals surface area contributed by atoms with Gasteiger partial charge in [0, 0.05) is 0 Å². The average Bonchev–Trinajstić information content (AvgIpc) is 3.31. The van der Waals surface area contributed by atoms with Crippen molar-refractivity contribution in [2.45, 2.75) is 13.5 Å². The van der Waals surface area contributed by atoms with Crippen molar-refractivity contribution >= 4 is 18.0 Å². The molecule has 0 aliphatic carbocycles. The first kappa shape index (κ1) is 22.3. The number of carbonyl (C=O) groups excluding carboxylic acids is 2. The smallest absolute Gasteiger partial charge is 0.343 e. The number of furan rings is 1. The third-order valence-electron chi connectivity index (χ3n) is 4.21. The molecule has 8 heteroatoms. The summed E-state index contributed by atoms with van der Waals surface area (Å²) in [4.78, 5) is 24.6. The van der Waals surface area contributed by atoms with Gasteiger partial charge in [0.1, 0.15) is 23.2 Å². The van der Waals surface area contributed by atoms with E-state index < -0.39 is 17.7 Å². The van der Waals surface area contributed by atoms with E-state index >= 15 is 0 Å². The number of nitrogens with zero attached hydrogens (tertiary/aromatic N) is 1. The fraction of sp³-hybridized carbons (Fsp3) is 0.125. The van der Waals surface area contributed by atoms with Crippen molar-refractivity contribution in [3.8, 4) is 17.6 Å². The molecule has 3 aromatic rings. The zero-order valence-electron chi connectivity index (χ0n) is 17.1. The summed E-state index contributed by atoms with van der Waals surface area (Å²) in [6.45, 7) is 2.18. The second kappa shape index (κ2) is 10.6.